The van der Waals surface area contributed by atoms with Crippen LogP contribution in [0.1, 0.15) is 82.1 Å². The Morgan fingerprint density at radius 1 is 1.02 bits per heavy atom. The Hall–Kier alpha value is -3.93. The smallest absolute Gasteiger partial charge is 0.410 e. The van der Waals surface area contributed by atoms with E-state index in [-0.39, 0.29) is 30.1 Å². The number of fused-ring (bicyclic) bond motifs is 1. The molecule has 3 aromatic rings. The molecular formula is C31H44N8O4. The third-order valence-corrected chi connectivity index (χ3v) is 7.80. The Labute approximate surface area is 253 Å². The number of rotatable bonds is 7. The largest absolute Gasteiger partial charge is 0.460 e. The lowest BCUT2D eigenvalue weighted by Gasteiger charge is -2.33. The van der Waals surface area contributed by atoms with Crippen LogP contribution >= 0.6 is 0 Å². The molecule has 4 heterocycles. The minimum absolute atomic E-state index is 0.0258. The average Bonchev–Trinajstić information content (AvgIpc) is 3.39. The van der Waals surface area contributed by atoms with Gasteiger partial charge < -0.3 is 29.9 Å². The first-order valence-electron chi connectivity index (χ1n) is 15.2. The zero-order valence-corrected chi connectivity index (χ0v) is 26.1. The highest BCUT2D eigenvalue weighted by atomic mass is 16.6. The van der Waals surface area contributed by atoms with Gasteiger partial charge in [-0.15, -0.1) is 0 Å². The molecule has 2 fully saturated rings. The number of hydrogen-bond donors (Lipinski definition) is 2. The van der Waals surface area contributed by atoms with Gasteiger partial charge in [-0.2, -0.15) is 19.6 Å². The molecule has 5 rings (SSSR count). The number of nitrogens with zero attached hydrogens (tertiary/aromatic N) is 6. The Morgan fingerprint density at radius 2 is 1.74 bits per heavy atom. The maximum absolute atomic E-state index is 13.2. The van der Waals surface area contributed by atoms with Crippen molar-refractivity contribution in [3.8, 4) is 6.01 Å². The summed E-state index contributed by atoms with van der Waals surface area (Å²) in [6, 6.07) is 7.59. The average molecular weight is 593 g/mol. The second-order valence-corrected chi connectivity index (χ2v) is 12.9. The molecule has 0 unspecified atom stereocenters. The Balaban J connectivity index is 1.27. The second kappa shape index (κ2) is 12.7. The molecule has 2 saturated heterocycles. The van der Waals surface area contributed by atoms with Crippen LogP contribution in [-0.2, 0) is 4.74 Å². The molecule has 12 nitrogen and oxygen atoms in total. The summed E-state index contributed by atoms with van der Waals surface area (Å²) in [4.78, 5) is 39.0. The van der Waals surface area contributed by atoms with Gasteiger partial charge in [0.15, 0.2) is 5.65 Å². The fourth-order valence-electron chi connectivity index (χ4n) is 5.34. The molecule has 0 aliphatic carbocycles. The van der Waals surface area contributed by atoms with E-state index in [2.05, 4.69) is 41.5 Å². The highest BCUT2D eigenvalue weighted by Gasteiger charge is 2.28. The summed E-state index contributed by atoms with van der Waals surface area (Å²) in [5.74, 6) is 0.519. The van der Waals surface area contributed by atoms with Gasteiger partial charge in [0.2, 0.25) is 5.95 Å². The van der Waals surface area contributed by atoms with Crippen molar-refractivity contribution in [3.63, 3.8) is 0 Å². The molecule has 0 bridgehead atoms. The van der Waals surface area contributed by atoms with Gasteiger partial charge in [0.05, 0.1) is 6.20 Å². The molecule has 2 aliphatic heterocycles. The zero-order valence-electron chi connectivity index (χ0n) is 26.1. The summed E-state index contributed by atoms with van der Waals surface area (Å²) < 4.78 is 13.4. The van der Waals surface area contributed by atoms with Gasteiger partial charge in [0, 0.05) is 49.0 Å². The quantitative estimate of drug-likeness (QED) is 0.405. The number of benzene rings is 1. The number of piperidine rings is 2. The maximum Gasteiger partial charge on any atom is 0.410 e. The van der Waals surface area contributed by atoms with Crippen molar-refractivity contribution < 1.29 is 19.1 Å². The lowest BCUT2D eigenvalue weighted by molar-refractivity contribution is 0.0199. The molecule has 0 atom stereocenters. The standard InChI is InChI=1S/C31H44N8O4/c1-20(2)25-19-32-39-26(25)35-29(42-24-12-14-37(6)15-13-24)36-28(39)34-23-9-7-8-21(18-23)27(40)33-22-10-16-38(17-11-22)30(41)43-31(3,4)5/h7-9,18-20,22,24H,10-17H2,1-6H3,(H,33,40)(H,34,35,36). The third kappa shape index (κ3) is 7.73. The maximum atomic E-state index is 13.2. The molecule has 2 aromatic heterocycles. The summed E-state index contributed by atoms with van der Waals surface area (Å²) >= 11 is 0. The van der Waals surface area contributed by atoms with Crippen LogP contribution in [0.2, 0.25) is 0 Å². The molecule has 232 valence electrons. The van der Waals surface area contributed by atoms with E-state index >= 15 is 0 Å². The van der Waals surface area contributed by atoms with E-state index in [1.54, 1.807) is 21.5 Å². The van der Waals surface area contributed by atoms with Crippen molar-refractivity contribution in [1.29, 1.82) is 0 Å². The van der Waals surface area contributed by atoms with Crippen LogP contribution in [-0.4, -0.2) is 92.4 Å². The predicted molar refractivity (Wildman–Crippen MR) is 164 cm³/mol. The number of carbonyl (C=O) groups is 2. The number of hydrogen-bond acceptors (Lipinski definition) is 9. The Bertz CT molecular complexity index is 1430. The number of likely N-dealkylation sites (tertiary alicyclic amines) is 2. The lowest BCUT2D eigenvalue weighted by atomic mass is 10.0. The van der Waals surface area contributed by atoms with Gasteiger partial charge in [-0.3, -0.25) is 4.79 Å². The topological polar surface area (TPSA) is 126 Å². The molecule has 0 spiro atoms. The number of carbonyl (C=O) groups excluding carboxylic acids is 2. The van der Waals surface area contributed by atoms with Crippen molar-refractivity contribution in [2.45, 2.75) is 84.0 Å². The van der Waals surface area contributed by atoms with Crippen LogP contribution < -0.4 is 15.4 Å². The van der Waals surface area contributed by atoms with Gasteiger partial charge in [0.25, 0.3) is 5.91 Å². The molecule has 1 aromatic carbocycles. The summed E-state index contributed by atoms with van der Waals surface area (Å²) in [6.07, 6.45) is 4.73. The summed E-state index contributed by atoms with van der Waals surface area (Å²) in [7, 11) is 2.12. The lowest BCUT2D eigenvalue weighted by Crippen LogP contribution is -2.47. The number of nitrogens with one attached hydrogen (secondary N) is 2. The number of anilines is 2. The molecular weight excluding hydrogens is 548 g/mol. The number of aromatic nitrogens is 4. The van der Waals surface area contributed by atoms with E-state index in [0.29, 0.717) is 54.8 Å². The van der Waals surface area contributed by atoms with Crippen LogP contribution in [0.5, 0.6) is 6.01 Å². The van der Waals surface area contributed by atoms with Crippen LogP contribution in [0.15, 0.2) is 30.5 Å². The van der Waals surface area contributed by atoms with E-state index in [9.17, 15) is 9.59 Å². The van der Waals surface area contributed by atoms with Crippen molar-refractivity contribution in [2.75, 3.05) is 38.5 Å². The third-order valence-electron chi connectivity index (χ3n) is 7.80. The second-order valence-electron chi connectivity index (χ2n) is 12.9. The highest BCUT2D eigenvalue weighted by molar-refractivity contribution is 5.95. The van der Waals surface area contributed by atoms with E-state index in [4.69, 9.17) is 19.4 Å². The van der Waals surface area contributed by atoms with Crippen LogP contribution in [0, 0.1) is 0 Å². The first-order valence-corrected chi connectivity index (χ1v) is 15.2. The SMILES string of the molecule is CC(C)c1cnn2c(Nc3cccc(C(=O)NC4CCN(C(=O)OC(C)(C)C)CC4)c3)nc(OC3CCN(C)CC3)nc12. The molecule has 12 heteroatoms. The Kier molecular flexibility index (Phi) is 9.05. The van der Waals surface area contributed by atoms with E-state index in [0.717, 1.165) is 31.5 Å². The molecule has 2 N–H and O–H groups in total. The van der Waals surface area contributed by atoms with Crippen molar-refractivity contribution >= 4 is 29.3 Å². The monoisotopic (exact) mass is 592 g/mol. The molecule has 2 amide bonds. The van der Waals surface area contributed by atoms with Crippen LogP contribution in [0.25, 0.3) is 5.65 Å². The van der Waals surface area contributed by atoms with E-state index < -0.39 is 5.60 Å². The summed E-state index contributed by atoms with van der Waals surface area (Å²) in [5, 5.41) is 11.0. The predicted octanol–water partition coefficient (Wildman–Crippen LogP) is 4.59. The van der Waals surface area contributed by atoms with Crippen molar-refractivity contribution in [2.24, 2.45) is 0 Å². The van der Waals surface area contributed by atoms with E-state index in [1.807, 2.05) is 39.1 Å². The molecule has 0 radical (unpaired) electrons. The fourth-order valence-corrected chi connectivity index (χ4v) is 5.34. The molecule has 2 aliphatic rings. The molecule has 43 heavy (non-hydrogen) atoms. The fraction of sp³-hybridized carbons (Fsp3) is 0.581. The van der Waals surface area contributed by atoms with Crippen LogP contribution in [0.3, 0.4) is 0 Å². The first kappa shape index (κ1) is 30.5. The minimum Gasteiger partial charge on any atom is -0.460 e. The number of ether oxygens (including phenoxy) is 2. The van der Waals surface area contributed by atoms with Crippen molar-refractivity contribution in [1.82, 2.24) is 34.7 Å². The van der Waals surface area contributed by atoms with Gasteiger partial charge in [0.1, 0.15) is 11.7 Å². The zero-order chi connectivity index (χ0) is 30.7. The minimum atomic E-state index is -0.534. The van der Waals surface area contributed by atoms with Crippen molar-refractivity contribution in [3.05, 3.63) is 41.6 Å². The Morgan fingerprint density at radius 3 is 2.42 bits per heavy atom. The summed E-state index contributed by atoms with van der Waals surface area (Å²) in [5.41, 5.74) is 2.38. The van der Waals surface area contributed by atoms with Crippen LogP contribution in [0.4, 0.5) is 16.4 Å². The normalized spacial score (nSPS) is 17.3. The van der Waals surface area contributed by atoms with Gasteiger partial charge >= 0.3 is 12.1 Å². The summed E-state index contributed by atoms with van der Waals surface area (Å²) in [6.45, 7) is 12.8. The van der Waals surface area contributed by atoms with Gasteiger partial charge in [-0.05, 0) is 77.6 Å². The van der Waals surface area contributed by atoms with Gasteiger partial charge in [-0.25, -0.2) is 4.79 Å². The van der Waals surface area contributed by atoms with E-state index in [1.165, 1.54) is 0 Å². The number of amides is 2. The first-order chi connectivity index (χ1) is 20.4. The van der Waals surface area contributed by atoms with Gasteiger partial charge in [-0.1, -0.05) is 19.9 Å². The molecule has 0 saturated carbocycles. The highest BCUT2D eigenvalue weighted by Crippen LogP contribution is 2.26.